The summed E-state index contributed by atoms with van der Waals surface area (Å²) in [6, 6.07) is 7.00. The van der Waals surface area contributed by atoms with Gasteiger partial charge in [-0.15, -0.1) is 0 Å². The van der Waals surface area contributed by atoms with E-state index in [0.717, 1.165) is 11.3 Å². The molecule has 3 aromatic rings. The van der Waals surface area contributed by atoms with Gasteiger partial charge < -0.3 is 10.6 Å². The number of H-pyrrole nitrogens is 1. The first-order chi connectivity index (χ1) is 14.3. The van der Waals surface area contributed by atoms with E-state index >= 15 is 0 Å². The number of nitrogens with one attached hydrogen (secondary N) is 1. The number of fused-ring (bicyclic) bond motifs is 1. The number of para-hydroxylation sites is 1. The molecule has 1 aromatic carbocycles. The highest BCUT2D eigenvalue weighted by atomic mass is 16.2. The highest BCUT2D eigenvalue weighted by Gasteiger charge is 2.21. The van der Waals surface area contributed by atoms with Gasteiger partial charge in [-0.3, -0.25) is 28.6 Å². The van der Waals surface area contributed by atoms with Crippen molar-refractivity contribution < 1.29 is 4.79 Å². The molecule has 30 heavy (non-hydrogen) atoms. The Morgan fingerprint density at radius 1 is 1.20 bits per heavy atom. The molecule has 2 heterocycles. The van der Waals surface area contributed by atoms with Crippen LogP contribution in [0.3, 0.4) is 0 Å². The molecule has 10 heteroatoms. The Kier molecular flexibility index (Phi) is 6.14. The van der Waals surface area contributed by atoms with E-state index in [9.17, 15) is 19.2 Å². The molecule has 0 aliphatic carbocycles. The molecule has 2 aromatic heterocycles. The number of hydrogen-bond acceptors (Lipinski definition) is 6. The molecular formula is C20H24N6O4. The zero-order valence-corrected chi connectivity index (χ0v) is 16.9. The highest BCUT2D eigenvalue weighted by molar-refractivity contribution is 5.95. The van der Waals surface area contributed by atoms with Crippen molar-refractivity contribution in [2.45, 2.75) is 39.3 Å². The van der Waals surface area contributed by atoms with Crippen molar-refractivity contribution >= 4 is 28.3 Å². The number of carbonyl (C=O) groups excluding carboxylic acids is 1. The molecule has 0 atom stereocenters. The van der Waals surface area contributed by atoms with Crippen molar-refractivity contribution in [2.24, 2.45) is 0 Å². The van der Waals surface area contributed by atoms with Crippen molar-refractivity contribution in [2.75, 3.05) is 17.7 Å². The summed E-state index contributed by atoms with van der Waals surface area (Å²) in [5.74, 6) is -0.419. The Morgan fingerprint density at radius 3 is 2.67 bits per heavy atom. The average Bonchev–Trinajstić information content (AvgIpc) is 2.73. The van der Waals surface area contributed by atoms with E-state index in [1.165, 1.54) is 17.8 Å². The van der Waals surface area contributed by atoms with Gasteiger partial charge in [0.1, 0.15) is 5.82 Å². The zero-order chi connectivity index (χ0) is 21.8. The standard InChI is InChI=1S/C20H24N6O4/c1-3-4-10-25-18(21)17(19(29)23-20(25)30)24(2)16(28)9-11-26-14-8-6-5-7-13(14)15(27)12-22-26/h5-8,12H,3-4,9-11,21H2,1-2H3,(H,23,29,30). The first kappa shape index (κ1) is 21.0. The molecule has 0 saturated heterocycles. The number of unbranched alkanes of at least 4 members (excludes halogenated alkanes) is 1. The van der Waals surface area contributed by atoms with Crippen LogP contribution in [0, 0.1) is 0 Å². The number of rotatable bonds is 7. The van der Waals surface area contributed by atoms with E-state index < -0.39 is 11.2 Å². The monoisotopic (exact) mass is 412 g/mol. The zero-order valence-electron chi connectivity index (χ0n) is 16.9. The molecule has 0 spiro atoms. The molecule has 1 amide bonds. The number of aromatic amines is 1. The van der Waals surface area contributed by atoms with Crippen LogP contribution in [-0.4, -0.2) is 32.3 Å². The summed E-state index contributed by atoms with van der Waals surface area (Å²) in [5, 5.41) is 4.61. The molecule has 3 N–H and O–H groups in total. The summed E-state index contributed by atoms with van der Waals surface area (Å²) in [6.45, 7) is 2.52. The fourth-order valence-corrected chi connectivity index (χ4v) is 3.27. The molecule has 0 aliphatic rings. The highest BCUT2D eigenvalue weighted by Crippen LogP contribution is 2.17. The Balaban J connectivity index is 1.85. The van der Waals surface area contributed by atoms with Gasteiger partial charge in [-0.1, -0.05) is 25.5 Å². The minimum Gasteiger partial charge on any atom is -0.383 e. The fourth-order valence-electron chi connectivity index (χ4n) is 3.27. The normalized spacial score (nSPS) is 11.0. The van der Waals surface area contributed by atoms with Crippen LogP contribution in [0.25, 0.3) is 10.9 Å². The van der Waals surface area contributed by atoms with Gasteiger partial charge in [-0.25, -0.2) is 4.79 Å². The van der Waals surface area contributed by atoms with Gasteiger partial charge in [0.2, 0.25) is 11.3 Å². The predicted molar refractivity (Wildman–Crippen MR) is 115 cm³/mol. The Labute approximate surface area is 171 Å². The third-order valence-corrected chi connectivity index (χ3v) is 4.96. The average molecular weight is 412 g/mol. The summed E-state index contributed by atoms with van der Waals surface area (Å²) in [6.07, 6.45) is 2.78. The first-order valence-corrected chi connectivity index (χ1v) is 9.69. The maximum atomic E-state index is 12.8. The van der Waals surface area contributed by atoms with Crippen molar-refractivity contribution in [3.05, 3.63) is 61.5 Å². The predicted octanol–water partition coefficient (Wildman–Crippen LogP) is 0.682. The van der Waals surface area contributed by atoms with Gasteiger partial charge in [0.05, 0.1) is 18.3 Å². The van der Waals surface area contributed by atoms with Crippen LogP contribution >= 0.6 is 0 Å². The van der Waals surface area contributed by atoms with Gasteiger partial charge in [-0.2, -0.15) is 5.10 Å². The minimum atomic E-state index is -0.715. The smallest absolute Gasteiger partial charge is 0.330 e. The number of amides is 1. The van der Waals surface area contributed by atoms with Crippen LogP contribution in [0.1, 0.15) is 26.2 Å². The lowest BCUT2D eigenvalue weighted by Crippen LogP contribution is -2.39. The van der Waals surface area contributed by atoms with Crippen molar-refractivity contribution in [3.8, 4) is 0 Å². The number of aromatic nitrogens is 4. The summed E-state index contributed by atoms with van der Waals surface area (Å²) in [7, 11) is 1.44. The number of aryl methyl sites for hydroxylation is 1. The van der Waals surface area contributed by atoms with Crippen LogP contribution in [0.2, 0.25) is 0 Å². The SMILES string of the molecule is CCCCn1c(N)c(N(C)C(=O)CCn2ncc(=O)c3ccccc32)c(=O)[nH]c1=O. The maximum Gasteiger partial charge on any atom is 0.330 e. The Bertz CT molecular complexity index is 1260. The first-order valence-electron chi connectivity index (χ1n) is 9.69. The van der Waals surface area contributed by atoms with Crippen LogP contribution < -0.4 is 27.3 Å². The van der Waals surface area contributed by atoms with Gasteiger partial charge in [0.25, 0.3) is 5.56 Å². The van der Waals surface area contributed by atoms with Crippen molar-refractivity contribution in [1.82, 2.24) is 19.3 Å². The van der Waals surface area contributed by atoms with E-state index in [0.29, 0.717) is 23.9 Å². The van der Waals surface area contributed by atoms with Gasteiger partial charge >= 0.3 is 5.69 Å². The number of carbonyl (C=O) groups is 1. The van der Waals surface area contributed by atoms with Gasteiger partial charge in [0, 0.05) is 25.4 Å². The number of benzene rings is 1. The third-order valence-electron chi connectivity index (χ3n) is 4.96. The van der Waals surface area contributed by atoms with E-state index in [4.69, 9.17) is 5.73 Å². The molecule has 3 rings (SSSR count). The van der Waals surface area contributed by atoms with E-state index in [1.807, 2.05) is 6.92 Å². The lowest BCUT2D eigenvalue weighted by atomic mass is 10.2. The summed E-state index contributed by atoms with van der Waals surface area (Å²) < 4.78 is 2.83. The largest absolute Gasteiger partial charge is 0.383 e. The second-order valence-corrected chi connectivity index (χ2v) is 6.95. The molecule has 0 radical (unpaired) electrons. The van der Waals surface area contributed by atoms with Crippen molar-refractivity contribution in [1.29, 1.82) is 0 Å². The molecule has 0 saturated carbocycles. The van der Waals surface area contributed by atoms with Crippen LogP contribution in [0.5, 0.6) is 0 Å². The van der Waals surface area contributed by atoms with E-state index in [-0.39, 0.29) is 35.8 Å². The second-order valence-electron chi connectivity index (χ2n) is 6.95. The number of nitrogen functional groups attached to an aromatic ring is 1. The maximum absolute atomic E-state index is 12.8. The third kappa shape index (κ3) is 4.02. The molecule has 0 unspecified atom stereocenters. The summed E-state index contributed by atoms with van der Waals surface area (Å²) >= 11 is 0. The second kappa shape index (κ2) is 8.76. The molecule has 158 valence electrons. The molecule has 0 aliphatic heterocycles. The minimum absolute atomic E-state index is 0.0172. The summed E-state index contributed by atoms with van der Waals surface area (Å²) in [5.41, 5.74) is 5.11. The van der Waals surface area contributed by atoms with Crippen LogP contribution in [-0.2, 0) is 17.9 Å². The molecule has 0 fully saturated rings. The topological polar surface area (TPSA) is 136 Å². The molecule has 0 bridgehead atoms. The van der Waals surface area contributed by atoms with Crippen LogP contribution in [0.15, 0.2) is 44.8 Å². The van der Waals surface area contributed by atoms with E-state index in [2.05, 4.69) is 10.1 Å². The quantitative estimate of drug-likeness (QED) is 0.586. The fraction of sp³-hybridized carbons (Fsp3) is 0.350. The lowest BCUT2D eigenvalue weighted by Gasteiger charge is -2.20. The lowest BCUT2D eigenvalue weighted by molar-refractivity contribution is -0.118. The van der Waals surface area contributed by atoms with Crippen molar-refractivity contribution in [3.63, 3.8) is 0 Å². The molecule has 10 nitrogen and oxygen atoms in total. The summed E-state index contributed by atoms with van der Waals surface area (Å²) in [4.78, 5) is 52.5. The molecular weight excluding hydrogens is 388 g/mol. The van der Waals surface area contributed by atoms with Gasteiger partial charge in [0.15, 0.2) is 5.69 Å². The number of nitrogens with zero attached hydrogens (tertiary/aromatic N) is 4. The number of nitrogens with two attached hydrogens (primary N) is 1. The van der Waals surface area contributed by atoms with E-state index in [1.54, 1.807) is 28.9 Å². The number of hydrogen-bond donors (Lipinski definition) is 2. The Morgan fingerprint density at radius 2 is 1.93 bits per heavy atom. The van der Waals surface area contributed by atoms with Crippen LogP contribution in [0.4, 0.5) is 11.5 Å². The Hall–Kier alpha value is -3.69. The van der Waals surface area contributed by atoms with Gasteiger partial charge in [-0.05, 0) is 18.6 Å². The number of anilines is 2.